The molecule has 0 spiro atoms. The Kier molecular flexibility index (Phi) is 4.00. The van der Waals surface area contributed by atoms with Crippen LogP contribution >= 0.6 is 0 Å². The van der Waals surface area contributed by atoms with E-state index in [1.54, 1.807) is 12.1 Å². The van der Waals surface area contributed by atoms with Crippen LogP contribution in [0.3, 0.4) is 0 Å². The molecule has 0 saturated carbocycles. The topological polar surface area (TPSA) is 58.9 Å². The Bertz CT molecular complexity index is 325. The first kappa shape index (κ1) is 11.9. The van der Waals surface area contributed by atoms with Gasteiger partial charge in [-0.2, -0.15) is 0 Å². The summed E-state index contributed by atoms with van der Waals surface area (Å²) in [5, 5.41) is 17.5. The molecule has 82 valence electrons. The zero-order valence-electron chi connectivity index (χ0n) is 9.10. The fourth-order valence-electron chi connectivity index (χ4n) is 1.17. The van der Waals surface area contributed by atoms with Gasteiger partial charge in [0.1, 0.15) is 5.75 Å². The van der Waals surface area contributed by atoms with Crippen LogP contribution in [0.4, 0.5) is 0 Å². The summed E-state index contributed by atoms with van der Waals surface area (Å²) < 4.78 is 10.3. The van der Waals surface area contributed by atoms with E-state index in [4.69, 9.17) is 19.4 Å². The van der Waals surface area contributed by atoms with Gasteiger partial charge >= 0.3 is 7.32 Å². The predicted octanol–water partition coefficient (Wildman–Crippen LogP) is 1.13. The van der Waals surface area contributed by atoms with Crippen LogP contribution in [0.1, 0.15) is 19.4 Å². The van der Waals surface area contributed by atoms with Crippen molar-refractivity contribution < 1.29 is 19.4 Å². The SMILES string of the molecule is Cc1ccc(OC(C)C)c(OB(O)O)c1. The Morgan fingerprint density at radius 3 is 2.40 bits per heavy atom. The van der Waals surface area contributed by atoms with Crippen LogP contribution in [0, 0.1) is 6.92 Å². The summed E-state index contributed by atoms with van der Waals surface area (Å²) in [6.07, 6.45) is 0.00546. The van der Waals surface area contributed by atoms with Gasteiger partial charge in [-0.05, 0) is 38.5 Å². The van der Waals surface area contributed by atoms with Crippen molar-refractivity contribution in [1.82, 2.24) is 0 Å². The second-order valence-corrected chi connectivity index (χ2v) is 3.56. The summed E-state index contributed by atoms with van der Waals surface area (Å²) >= 11 is 0. The zero-order chi connectivity index (χ0) is 11.4. The molecule has 0 aromatic heterocycles. The third-order valence-electron chi connectivity index (χ3n) is 1.69. The lowest BCUT2D eigenvalue weighted by Gasteiger charge is -2.15. The summed E-state index contributed by atoms with van der Waals surface area (Å²) in [6, 6.07) is 5.30. The Labute approximate surface area is 89.6 Å². The van der Waals surface area contributed by atoms with Gasteiger partial charge in [0.15, 0.2) is 5.75 Å². The number of rotatable bonds is 4. The molecule has 0 amide bonds. The fourth-order valence-corrected chi connectivity index (χ4v) is 1.17. The maximum Gasteiger partial charge on any atom is 0.707 e. The molecule has 4 nitrogen and oxygen atoms in total. The van der Waals surface area contributed by atoms with Crippen LogP contribution < -0.4 is 9.39 Å². The lowest BCUT2D eigenvalue weighted by Crippen LogP contribution is -2.21. The molecule has 15 heavy (non-hydrogen) atoms. The van der Waals surface area contributed by atoms with Crippen molar-refractivity contribution in [2.24, 2.45) is 0 Å². The maximum atomic E-state index is 8.73. The van der Waals surface area contributed by atoms with Gasteiger partial charge in [-0.15, -0.1) is 0 Å². The van der Waals surface area contributed by atoms with Gasteiger partial charge < -0.3 is 19.4 Å². The second kappa shape index (κ2) is 5.05. The van der Waals surface area contributed by atoms with Crippen molar-refractivity contribution in [1.29, 1.82) is 0 Å². The Balaban J connectivity index is 2.92. The molecule has 0 bridgehead atoms. The van der Waals surface area contributed by atoms with Crippen LogP contribution in [-0.4, -0.2) is 23.5 Å². The highest BCUT2D eigenvalue weighted by atomic mass is 16.6. The molecular weight excluding hydrogens is 195 g/mol. The van der Waals surface area contributed by atoms with E-state index in [1.165, 1.54) is 0 Å². The molecular formula is C10H15BO4. The molecule has 0 saturated heterocycles. The average molecular weight is 210 g/mol. The minimum absolute atomic E-state index is 0.00546. The number of hydrogen-bond donors (Lipinski definition) is 2. The van der Waals surface area contributed by atoms with E-state index in [0.29, 0.717) is 11.5 Å². The van der Waals surface area contributed by atoms with Gasteiger partial charge in [-0.3, -0.25) is 0 Å². The highest BCUT2D eigenvalue weighted by Crippen LogP contribution is 2.29. The monoisotopic (exact) mass is 210 g/mol. The summed E-state index contributed by atoms with van der Waals surface area (Å²) in [4.78, 5) is 0. The standard InChI is InChI=1S/C10H15BO4/c1-7(2)14-9-5-4-8(3)6-10(9)15-11(12)13/h4-7,12-13H,1-3H3. The van der Waals surface area contributed by atoms with Crippen molar-refractivity contribution in [2.75, 3.05) is 0 Å². The van der Waals surface area contributed by atoms with Crippen molar-refractivity contribution in [2.45, 2.75) is 26.9 Å². The first-order chi connectivity index (χ1) is 6.99. The summed E-state index contributed by atoms with van der Waals surface area (Å²) in [5.74, 6) is 0.836. The molecule has 1 aromatic carbocycles. The molecule has 0 aliphatic heterocycles. The normalized spacial score (nSPS) is 10.3. The van der Waals surface area contributed by atoms with Crippen LogP contribution in [0.5, 0.6) is 11.5 Å². The van der Waals surface area contributed by atoms with Crippen molar-refractivity contribution in [3.8, 4) is 11.5 Å². The van der Waals surface area contributed by atoms with Gasteiger partial charge in [0.2, 0.25) is 0 Å². The van der Waals surface area contributed by atoms with Gasteiger partial charge in [0.05, 0.1) is 6.10 Å². The van der Waals surface area contributed by atoms with Gasteiger partial charge in [0.25, 0.3) is 0 Å². The average Bonchev–Trinajstić information content (AvgIpc) is 2.08. The Hall–Kier alpha value is -1.20. The molecule has 2 N–H and O–H groups in total. The van der Waals surface area contributed by atoms with E-state index in [1.807, 2.05) is 26.8 Å². The maximum absolute atomic E-state index is 8.73. The second-order valence-electron chi connectivity index (χ2n) is 3.56. The van der Waals surface area contributed by atoms with E-state index in [9.17, 15) is 0 Å². The number of aryl methyl sites for hydroxylation is 1. The van der Waals surface area contributed by atoms with Crippen LogP contribution in [0.15, 0.2) is 18.2 Å². The third kappa shape index (κ3) is 3.81. The van der Waals surface area contributed by atoms with Crippen molar-refractivity contribution >= 4 is 7.32 Å². The molecule has 0 aliphatic carbocycles. The number of ether oxygens (including phenoxy) is 1. The van der Waals surface area contributed by atoms with E-state index in [2.05, 4.69) is 0 Å². The van der Waals surface area contributed by atoms with Crippen molar-refractivity contribution in [3.63, 3.8) is 0 Å². The molecule has 0 atom stereocenters. The van der Waals surface area contributed by atoms with Crippen molar-refractivity contribution in [3.05, 3.63) is 23.8 Å². The van der Waals surface area contributed by atoms with Crippen LogP contribution in [-0.2, 0) is 0 Å². The zero-order valence-corrected chi connectivity index (χ0v) is 9.10. The highest BCUT2D eigenvalue weighted by Gasteiger charge is 2.15. The minimum Gasteiger partial charge on any atom is -0.509 e. The number of hydrogen-bond acceptors (Lipinski definition) is 4. The summed E-state index contributed by atoms with van der Waals surface area (Å²) in [6.45, 7) is 5.66. The van der Waals surface area contributed by atoms with Gasteiger partial charge in [-0.1, -0.05) is 6.07 Å². The Morgan fingerprint density at radius 2 is 1.87 bits per heavy atom. The fraction of sp³-hybridized carbons (Fsp3) is 0.400. The molecule has 5 heteroatoms. The first-order valence-corrected chi connectivity index (χ1v) is 4.79. The molecule has 0 fully saturated rings. The summed E-state index contributed by atoms with van der Waals surface area (Å²) in [5.41, 5.74) is 0.960. The van der Waals surface area contributed by atoms with Gasteiger partial charge in [0, 0.05) is 0 Å². The van der Waals surface area contributed by atoms with E-state index in [-0.39, 0.29) is 6.10 Å². The van der Waals surface area contributed by atoms with Gasteiger partial charge in [-0.25, -0.2) is 0 Å². The molecule has 1 aromatic rings. The van der Waals surface area contributed by atoms with Crippen LogP contribution in [0.25, 0.3) is 0 Å². The summed E-state index contributed by atoms with van der Waals surface area (Å²) in [7, 11) is -1.83. The lowest BCUT2D eigenvalue weighted by atomic mass is 10.2. The smallest absolute Gasteiger partial charge is 0.509 e. The van der Waals surface area contributed by atoms with E-state index in [0.717, 1.165) is 5.56 Å². The molecule has 0 radical (unpaired) electrons. The molecule has 1 rings (SSSR count). The molecule has 0 heterocycles. The Morgan fingerprint density at radius 1 is 1.20 bits per heavy atom. The quantitative estimate of drug-likeness (QED) is 0.731. The minimum atomic E-state index is -1.83. The first-order valence-electron chi connectivity index (χ1n) is 4.79. The number of benzene rings is 1. The highest BCUT2D eigenvalue weighted by molar-refractivity contribution is 6.33. The van der Waals surface area contributed by atoms with E-state index < -0.39 is 7.32 Å². The predicted molar refractivity (Wildman–Crippen MR) is 57.8 cm³/mol. The molecule has 0 unspecified atom stereocenters. The largest absolute Gasteiger partial charge is 0.707 e. The van der Waals surface area contributed by atoms with Crippen LogP contribution in [0.2, 0.25) is 0 Å². The third-order valence-corrected chi connectivity index (χ3v) is 1.69. The van der Waals surface area contributed by atoms with E-state index >= 15 is 0 Å². The molecule has 0 aliphatic rings. The lowest BCUT2D eigenvalue weighted by molar-refractivity contribution is 0.225.